The highest BCUT2D eigenvalue weighted by atomic mass is 16.5. The Bertz CT molecular complexity index is 966. The maximum Gasteiger partial charge on any atom is 0.145 e. The molecule has 1 unspecified atom stereocenters. The van der Waals surface area contributed by atoms with Gasteiger partial charge in [-0.15, -0.1) is 0 Å². The van der Waals surface area contributed by atoms with Gasteiger partial charge in [-0.3, -0.25) is 9.67 Å². The van der Waals surface area contributed by atoms with Crippen LogP contribution in [0.3, 0.4) is 0 Å². The smallest absolute Gasteiger partial charge is 0.145 e. The topological polar surface area (TPSA) is 52.4 Å². The van der Waals surface area contributed by atoms with E-state index in [1.807, 2.05) is 29.9 Å². The van der Waals surface area contributed by atoms with Gasteiger partial charge in [0.1, 0.15) is 11.3 Å². The number of hydrogen-bond donors (Lipinski definition) is 0. The van der Waals surface area contributed by atoms with Gasteiger partial charge in [-0.25, -0.2) is 0 Å². The molecule has 0 saturated carbocycles. The van der Waals surface area contributed by atoms with Crippen molar-refractivity contribution in [3.63, 3.8) is 0 Å². The van der Waals surface area contributed by atoms with Crippen molar-refractivity contribution in [2.45, 2.75) is 33.4 Å². The van der Waals surface area contributed by atoms with Crippen molar-refractivity contribution in [3.05, 3.63) is 47.4 Å². The highest BCUT2D eigenvalue weighted by molar-refractivity contribution is 5.96. The van der Waals surface area contributed by atoms with Crippen molar-refractivity contribution in [3.8, 4) is 5.75 Å². The highest BCUT2D eigenvalue weighted by Crippen LogP contribution is 2.34. The SMILES string of the molecule is COc1cccc2c(N3CCOC(Cn4nc(C)cc4C)C3)c(C)cnc12. The Morgan fingerprint density at radius 1 is 1.26 bits per heavy atom. The average Bonchev–Trinajstić information content (AvgIpc) is 2.98. The van der Waals surface area contributed by atoms with Gasteiger partial charge >= 0.3 is 0 Å². The number of fused-ring (bicyclic) bond motifs is 1. The van der Waals surface area contributed by atoms with Crippen LogP contribution in [0.4, 0.5) is 5.69 Å². The average molecular weight is 366 g/mol. The molecule has 0 N–H and O–H groups in total. The van der Waals surface area contributed by atoms with Crippen molar-refractivity contribution in [1.29, 1.82) is 0 Å². The number of hydrogen-bond acceptors (Lipinski definition) is 5. The van der Waals surface area contributed by atoms with Crippen molar-refractivity contribution >= 4 is 16.6 Å². The second kappa shape index (κ2) is 7.19. The van der Waals surface area contributed by atoms with Crippen molar-refractivity contribution in [2.75, 3.05) is 31.7 Å². The molecule has 3 heterocycles. The summed E-state index contributed by atoms with van der Waals surface area (Å²) in [5, 5.41) is 5.71. The summed E-state index contributed by atoms with van der Waals surface area (Å²) in [4.78, 5) is 7.03. The van der Waals surface area contributed by atoms with Crippen LogP contribution < -0.4 is 9.64 Å². The fraction of sp³-hybridized carbons (Fsp3) is 0.429. The Morgan fingerprint density at radius 2 is 2.11 bits per heavy atom. The van der Waals surface area contributed by atoms with Crippen molar-refractivity contribution in [1.82, 2.24) is 14.8 Å². The van der Waals surface area contributed by atoms with Crippen molar-refractivity contribution < 1.29 is 9.47 Å². The van der Waals surface area contributed by atoms with Crippen LogP contribution in [0.25, 0.3) is 10.9 Å². The largest absolute Gasteiger partial charge is 0.494 e. The minimum absolute atomic E-state index is 0.102. The zero-order valence-electron chi connectivity index (χ0n) is 16.4. The van der Waals surface area contributed by atoms with Crippen LogP contribution in [0.2, 0.25) is 0 Å². The summed E-state index contributed by atoms with van der Waals surface area (Å²) < 4.78 is 13.6. The molecule has 2 aromatic heterocycles. The molecule has 0 spiro atoms. The van der Waals surface area contributed by atoms with E-state index in [9.17, 15) is 0 Å². The maximum atomic E-state index is 6.05. The summed E-state index contributed by atoms with van der Waals surface area (Å²) >= 11 is 0. The zero-order valence-corrected chi connectivity index (χ0v) is 16.4. The van der Waals surface area contributed by atoms with Gasteiger partial charge in [-0.05, 0) is 38.5 Å². The Labute approximate surface area is 159 Å². The molecule has 1 aromatic carbocycles. The lowest BCUT2D eigenvalue weighted by Gasteiger charge is -2.36. The number of para-hydroxylation sites is 1. The monoisotopic (exact) mass is 366 g/mol. The quantitative estimate of drug-likeness (QED) is 0.709. The van der Waals surface area contributed by atoms with Gasteiger partial charge in [0.05, 0.1) is 37.7 Å². The minimum Gasteiger partial charge on any atom is -0.494 e. The van der Waals surface area contributed by atoms with Crippen molar-refractivity contribution in [2.24, 2.45) is 0 Å². The molecule has 0 bridgehead atoms. The molecule has 4 rings (SSSR count). The molecule has 0 radical (unpaired) electrons. The first-order valence-corrected chi connectivity index (χ1v) is 9.36. The number of ether oxygens (including phenoxy) is 2. The van der Waals surface area contributed by atoms with Gasteiger partial charge in [-0.1, -0.05) is 12.1 Å². The molecule has 6 heteroatoms. The number of methoxy groups -OCH3 is 1. The van der Waals surface area contributed by atoms with Gasteiger partial charge < -0.3 is 14.4 Å². The molecule has 1 saturated heterocycles. The molecule has 1 atom stereocenters. The molecule has 0 aliphatic carbocycles. The molecule has 1 aliphatic rings. The molecular formula is C21H26N4O2. The van der Waals surface area contributed by atoms with Gasteiger partial charge in [-0.2, -0.15) is 5.10 Å². The number of aryl methyl sites for hydroxylation is 3. The summed E-state index contributed by atoms with van der Waals surface area (Å²) in [6, 6.07) is 8.21. The van der Waals surface area contributed by atoms with Gasteiger partial charge in [0.25, 0.3) is 0 Å². The van der Waals surface area contributed by atoms with E-state index < -0.39 is 0 Å². The first-order valence-electron chi connectivity index (χ1n) is 9.36. The number of pyridine rings is 1. The van der Waals surface area contributed by atoms with E-state index in [4.69, 9.17) is 9.47 Å². The van der Waals surface area contributed by atoms with E-state index in [0.717, 1.165) is 42.0 Å². The minimum atomic E-state index is 0.102. The van der Waals surface area contributed by atoms with E-state index in [1.54, 1.807) is 7.11 Å². The predicted molar refractivity (Wildman–Crippen MR) is 107 cm³/mol. The van der Waals surface area contributed by atoms with Gasteiger partial charge in [0.2, 0.25) is 0 Å². The Balaban J connectivity index is 1.65. The van der Waals surface area contributed by atoms with E-state index in [2.05, 4.69) is 41.0 Å². The lowest BCUT2D eigenvalue weighted by molar-refractivity contribution is 0.0270. The zero-order chi connectivity index (χ0) is 19.0. The third kappa shape index (κ3) is 3.37. The Hall–Kier alpha value is -2.60. The van der Waals surface area contributed by atoms with Gasteiger partial charge in [0, 0.05) is 30.4 Å². The fourth-order valence-corrected chi connectivity index (χ4v) is 3.95. The highest BCUT2D eigenvalue weighted by Gasteiger charge is 2.25. The van der Waals surface area contributed by atoms with Gasteiger partial charge in [0.15, 0.2) is 0 Å². The van der Waals surface area contributed by atoms with E-state index in [1.165, 1.54) is 16.9 Å². The molecule has 1 fully saturated rings. The number of nitrogens with zero attached hydrogens (tertiary/aromatic N) is 4. The summed E-state index contributed by atoms with van der Waals surface area (Å²) in [6.45, 7) is 9.40. The fourth-order valence-electron chi connectivity index (χ4n) is 3.95. The molecule has 3 aromatic rings. The summed E-state index contributed by atoms with van der Waals surface area (Å²) in [6.07, 6.45) is 2.04. The number of rotatable bonds is 4. The molecular weight excluding hydrogens is 340 g/mol. The normalized spacial score (nSPS) is 17.5. The second-order valence-electron chi connectivity index (χ2n) is 7.19. The molecule has 27 heavy (non-hydrogen) atoms. The Morgan fingerprint density at radius 3 is 2.85 bits per heavy atom. The third-order valence-electron chi connectivity index (χ3n) is 5.17. The van der Waals surface area contributed by atoms with E-state index in [-0.39, 0.29) is 6.10 Å². The number of benzene rings is 1. The summed E-state index contributed by atoms with van der Waals surface area (Å²) in [5.74, 6) is 0.807. The first-order chi connectivity index (χ1) is 13.1. The number of aromatic nitrogens is 3. The van der Waals surface area contributed by atoms with Crippen LogP contribution in [-0.4, -0.2) is 47.7 Å². The van der Waals surface area contributed by atoms with Crippen LogP contribution in [0.15, 0.2) is 30.5 Å². The van der Waals surface area contributed by atoms with E-state index in [0.29, 0.717) is 6.61 Å². The third-order valence-corrected chi connectivity index (χ3v) is 5.17. The molecule has 142 valence electrons. The van der Waals surface area contributed by atoms with Crippen LogP contribution in [-0.2, 0) is 11.3 Å². The molecule has 1 aliphatic heterocycles. The molecule has 0 amide bonds. The second-order valence-corrected chi connectivity index (χ2v) is 7.19. The summed E-state index contributed by atoms with van der Waals surface area (Å²) in [7, 11) is 1.69. The standard InChI is InChI=1S/C21H26N4O2/c1-14-11-22-20-18(6-5-7-19(20)26-4)21(14)24-8-9-27-17(12-24)13-25-16(3)10-15(2)23-25/h5-7,10-11,17H,8-9,12-13H2,1-4H3. The Kier molecular flexibility index (Phi) is 4.74. The summed E-state index contributed by atoms with van der Waals surface area (Å²) in [5.41, 5.74) is 5.51. The van der Waals surface area contributed by atoms with Crippen LogP contribution in [0.1, 0.15) is 17.0 Å². The lowest BCUT2D eigenvalue weighted by atomic mass is 10.1. The van der Waals surface area contributed by atoms with E-state index >= 15 is 0 Å². The predicted octanol–water partition coefficient (Wildman–Crippen LogP) is 3.27. The van der Waals surface area contributed by atoms with Crippen LogP contribution in [0.5, 0.6) is 5.75 Å². The number of anilines is 1. The first kappa shape index (κ1) is 17.8. The lowest BCUT2D eigenvalue weighted by Crippen LogP contribution is -2.45. The van der Waals surface area contributed by atoms with Crippen LogP contribution in [0, 0.1) is 20.8 Å². The van der Waals surface area contributed by atoms with Crippen LogP contribution >= 0.6 is 0 Å². The number of morpholine rings is 1. The molecule has 6 nitrogen and oxygen atoms in total. The maximum absolute atomic E-state index is 6.05.